The molecule has 24 heavy (non-hydrogen) atoms. The molecular weight excluding hydrogens is 331 g/mol. The molecule has 0 heterocycles. The van der Waals surface area contributed by atoms with E-state index in [0.29, 0.717) is 6.42 Å². The Kier molecular flexibility index (Phi) is 7.09. The molecule has 0 aliphatic heterocycles. The normalized spacial score (nSPS) is 11.3. The number of carbonyl (C=O) groups excluding carboxylic acids is 2. The molecule has 1 aromatic rings. The zero-order chi connectivity index (χ0) is 18.2. The van der Waals surface area contributed by atoms with E-state index in [1.165, 1.54) is 19.3 Å². The number of alkyl halides is 3. The number of hydrogen-bond acceptors (Lipinski definition) is 5. The number of phenols is 1. The van der Waals surface area contributed by atoms with E-state index in [1.54, 1.807) is 0 Å². The summed E-state index contributed by atoms with van der Waals surface area (Å²) in [7, 11) is 1.23. The van der Waals surface area contributed by atoms with Crippen LogP contribution >= 0.6 is 0 Å². The van der Waals surface area contributed by atoms with Crippen molar-refractivity contribution in [2.75, 3.05) is 20.3 Å². The first-order chi connectivity index (χ1) is 11.2. The Hall–Kier alpha value is -2.71. The molecule has 6 nitrogen and oxygen atoms in total. The van der Waals surface area contributed by atoms with Crippen LogP contribution in [0.15, 0.2) is 30.4 Å². The predicted molar refractivity (Wildman–Crippen MR) is 77.8 cm³/mol. The van der Waals surface area contributed by atoms with E-state index >= 15 is 0 Å². The Bertz CT molecular complexity index is 614. The third-order valence-electron chi connectivity index (χ3n) is 2.61. The van der Waals surface area contributed by atoms with Gasteiger partial charge in [-0.1, -0.05) is 6.08 Å². The van der Waals surface area contributed by atoms with Gasteiger partial charge >= 0.3 is 12.1 Å². The first-order valence-corrected chi connectivity index (χ1v) is 6.77. The van der Waals surface area contributed by atoms with Gasteiger partial charge in [-0.3, -0.25) is 4.79 Å². The molecular formula is C15H16F3NO5. The zero-order valence-electron chi connectivity index (χ0n) is 12.7. The van der Waals surface area contributed by atoms with Gasteiger partial charge in [0, 0.05) is 24.3 Å². The number of phenolic OH excluding ortho intramolecular Hbond substituents is 1. The number of halogens is 3. The summed E-state index contributed by atoms with van der Waals surface area (Å²) in [5.41, 5.74) is -0.0517. The van der Waals surface area contributed by atoms with Crippen molar-refractivity contribution >= 4 is 11.9 Å². The van der Waals surface area contributed by atoms with Crippen molar-refractivity contribution in [2.24, 2.45) is 0 Å². The molecule has 2 N–H and O–H groups in total. The van der Waals surface area contributed by atoms with Gasteiger partial charge < -0.3 is 19.9 Å². The van der Waals surface area contributed by atoms with Crippen LogP contribution in [-0.2, 0) is 9.53 Å². The summed E-state index contributed by atoms with van der Waals surface area (Å²) in [6.45, 7) is -1.35. The lowest BCUT2D eigenvalue weighted by Gasteiger charge is -2.11. The molecule has 0 saturated carbocycles. The van der Waals surface area contributed by atoms with Gasteiger partial charge in [-0.05, 0) is 18.6 Å². The average Bonchev–Trinajstić information content (AvgIpc) is 2.51. The third-order valence-corrected chi connectivity index (χ3v) is 2.61. The molecule has 0 fully saturated rings. The smallest absolute Gasteiger partial charge is 0.422 e. The van der Waals surface area contributed by atoms with Crippen molar-refractivity contribution in [1.82, 2.24) is 5.32 Å². The third kappa shape index (κ3) is 7.52. The molecule has 1 amide bonds. The SMILES string of the molecule is COC(=O)/C=C/CCNC(=O)c1cc(O)cc(OCC(F)(F)F)c1. The standard InChI is InChI=1S/C15H16F3NO5/c1-23-13(21)4-2-3-5-19-14(22)10-6-11(20)8-12(7-10)24-9-15(16,17)18/h2,4,6-8,20H,3,5,9H2,1H3,(H,19,22)/b4-2+. The van der Waals surface area contributed by atoms with E-state index in [9.17, 15) is 27.9 Å². The van der Waals surface area contributed by atoms with E-state index < -0.39 is 30.4 Å². The second-order valence-electron chi connectivity index (χ2n) is 4.59. The van der Waals surface area contributed by atoms with E-state index in [-0.39, 0.29) is 17.9 Å². The Morgan fingerprint density at radius 1 is 1.29 bits per heavy atom. The summed E-state index contributed by atoms with van der Waals surface area (Å²) < 4.78 is 45.2. The Morgan fingerprint density at radius 3 is 2.62 bits per heavy atom. The van der Waals surface area contributed by atoms with Gasteiger partial charge in [-0.25, -0.2) is 4.79 Å². The Balaban J connectivity index is 2.59. The van der Waals surface area contributed by atoms with Crippen LogP contribution in [0, 0.1) is 0 Å². The van der Waals surface area contributed by atoms with Gasteiger partial charge in [0.15, 0.2) is 6.61 Å². The minimum absolute atomic E-state index is 0.0517. The fraction of sp³-hybridized carbons (Fsp3) is 0.333. The van der Waals surface area contributed by atoms with Crippen molar-refractivity contribution < 1.29 is 37.3 Å². The van der Waals surface area contributed by atoms with Gasteiger partial charge in [0.25, 0.3) is 5.91 Å². The molecule has 132 valence electrons. The lowest BCUT2D eigenvalue weighted by atomic mass is 10.2. The number of methoxy groups -OCH3 is 1. The van der Waals surface area contributed by atoms with Gasteiger partial charge in [-0.2, -0.15) is 13.2 Å². The first kappa shape index (κ1) is 19.3. The summed E-state index contributed by atoms with van der Waals surface area (Å²) >= 11 is 0. The van der Waals surface area contributed by atoms with Crippen LogP contribution in [0.4, 0.5) is 13.2 Å². The quantitative estimate of drug-likeness (QED) is 0.449. The largest absolute Gasteiger partial charge is 0.508 e. The number of hydrogen-bond donors (Lipinski definition) is 2. The second-order valence-corrected chi connectivity index (χ2v) is 4.59. The van der Waals surface area contributed by atoms with Gasteiger partial charge in [0.05, 0.1) is 7.11 Å². The summed E-state index contributed by atoms with van der Waals surface area (Å²) in [4.78, 5) is 22.7. The van der Waals surface area contributed by atoms with Crippen molar-refractivity contribution in [2.45, 2.75) is 12.6 Å². The monoisotopic (exact) mass is 347 g/mol. The minimum atomic E-state index is -4.53. The number of aromatic hydroxyl groups is 1. The highest BCUT2D eigenvalue weighted by Crippen LogP contribution is 2.24. The summed E-state index contributed by atoms with van der Waals surface area (Å²) in [5, 5.41) is 12.0. The average molecular weight is 347 g/mol. The number of benzene rings is 1. The van der Waals surface area contributed by atoms with Gasteiger partial charge in [-0.15, -0.1) is 0 Å². The van der Waals surface area contributed by atoms with Crippen LogP contribution in [0.5, 0.6) is 11.5 Å². The lowest BCUT2D eigenvalue weighted by molar-refractivity contribution is -0.153. The lowest BCUT2D eigenvalue weighted by Crippen LogP contribution is -2.24. The number of amides is 1. The molecule has 0 spiro atoms. The van der Waals surface area contributed by atoms with E-state index in [2.05, 4.69) is 14.8 Å². The maximum Gasteiger partial charge on any atom is 0.422 e. The number of esters is 1. The van der Waals surface area contributed by atoms with Gasteiger partial charge in [0.1, 0.15) is 11.5 Å². The number of rotatable bonds is 7. The fourth-order valence-electron chi connectivity index (χ4n) is 1.58. The molecule has 0 atom stereocenters. The highest BCUT2D eigenvalue weighted by molar-refractivity contribution is 5.95. The summed E-state index contributed by atoms with van der Waals surface area (Å²) in [6.07, 6.45) is -1.49. The predicted octanol–water partition coefficient (Wildman–Crippen LogP) is 2.18. The molecule has 0 aromatic heterocycles. The fourth-order valence-corrected chi connectivity index (χ4v) is 1.58. The molecule has 1 rings (SSSR count). The first-order valence-electron chi connectivity index (χ1n) is 6.77. The molecule has 1 aromatic carbocycles. The maximum absolute atomic E-state index is 12.1. The molecule has 0 bridgehead atoms. The summed E-state index contributed by atoms with van der Waals surface area (Å²) in [6, 6.07) is 3.16. The number of carbonyl (C=O) groups is 2. The highest BCUT2D eigenvalue weighted by atomic mass is 19.4. The number of ether oxygens (including phenoxy) is 2. The Labute approximate surface area is 135 Å². The molecule has 0 saturated heterocycles. The molecule has 0 aliphatic carbocycles. The van der Waals surface area contributed by atoms with Crippen LogP contribution < -0.4 is 10.1 Å². The Morgan fingerprint density at radius 2 is 2.00 bits per heavy atom. The van der Waals surface area contributed by atoms with E-state index in [0.717, 1.165) is 18.2 Å². The summed E-state index contributed by atoms with van der Waals surface area (Å²) in [5.74, 6) is -1.80. The topological polar surface area (TPSA) is 84.9 Å². The van der Waals surface area contributed by atoms with Gasteiger partial charge in [0.2, 0.25) is 0 Å². The van der Waals surface area contributed by atoms with Crippen molar-refractivity contribution in [3.8, 4) is 11.5 Å². The van der Waals surface area contributed by atoms with Crippen LogP contribution in [0.1, 0.15) is 16.8 Å². The minimum Gasteiger partial charge on any atom is -0.508 e. The van der Waals surface area contributed by atoms with Crippen LogP contribution in [0.2, 0.25) is 0 Å². The van der Waals surface area contributed by atoms with Crippen LogP contribution in [-0.4, -0.2) is 43.4 Å². The molecule has 0 unspecified atom stereocenters. The highest BCUT2D eigenvalue weighted by Gasteiger charge is 2.28. The molecule has 0 aliphatic rings. The maximum atomic E-state index is 12.1. The van der Waals surface area contributed by atoms with E-state index in [1.807, 2.05) is 0 Å². The molecule has 9 heteroatoms. The van der Waals surface area contributed by atoms with Crippen LogP contribution in [0.25, 0.3) is 0 Å². The van der Waals surface area contributed by atoms with Crippen molar-refractivity contribution in [3.63, 3.8) is 0 Å². The zero-order valence-corrected chi connectivity index (χ0v) is 12.7. The number of nitrogens with one attached hydrogen (secondary N) is 1. The second kappa shape index (κ2) is 8.80. The van der Waals surface area contributed by atoms with Crippen molar-refractivity contribution in [3.05, 3.63) is 35.9 Å². The molecule has 0 radical (unpaired) electrons. The van der Waals surface area contributed by atoms with Crippen molar-refractivity contribution in [1.29, 1.82) is 0 Å². The van der Waals surface area contributed by atoms with Crippen LogP contribution in [0.3, 0.4) is 0 Å². The van der Waals surface area contributed by atoms with E-state index in [4.69, 9.17) is 0 Å².